The third-order valence-corrected chi connectivity index (χ3v) is 6.89. The number of benzene rings is 2. The first-order valence-corrected chi connectivity index (χ1v) is 12.4. The molecule has 9 heteroatoms. The van der Waals surface area contributed by atoms with Crippen LogP contribution in [0.15, 0.2) is 79.1 Å². The Hall–Kier alpha value is -4.50. The van der Waals surface area contributed by atoms with E-state index in [-0.39, 0.29) is 30.5 Å². The minimum Gasteiger partial charge on any atom is -0.391 e. The molecule has 2 aromatic carbocycles. The number of rotatable bonds is 6. The van der Waals surface area contributed by atoms with Crippen LogP contribution < -0.4 is 5.32 Å². The van der Waals surface area contributed by atoms with E-state index in [0.29, 0.717) is 12.1 Å². The van der Waals surface area contributed by atoms with Crippen molar-refractivity contribution in [2.75, 3.05) is 20.6 Å². The van der Waals surface area contributed by atoms with Crippen molar-refractivity contribution in [2.45, 2.75) is 25.1 Å². The molecule has 1 aliphatic heterocycles. The average molecular weight is 512 g/mol. The molecule has 0 unspecified atom stereocenters. The number of hydrogen-bond donors (Lipinski definition) is 2. The highest BCUT2D eigenvalue weighted by Gasteiger charge is 2.39. The summed E-state index contributed by atoms with van der Waals surface area (Å²) >= 11 is 0. The maximum Gasteiger partial charge on any atom is 0.273 e. The quantitative estimate of drug-likeness (QED) is 0.414. The van der Waals surface area contributed by atoms with Crippen LogP contribution >= 0.6 is 0 Å². The summed E-state index contributed by atoms with van der Waals surface area (Å²) in [6.07, 6.45) is 1.02. The van der Waals surface area contributed by atoms with E-state index in [9.17, 15) is 19.5 Å². The minimum atomic E-state index is -0.752. The Bertz CT molecular complexity index is 1480. The Balaban J connectivity index is 1.33. The number of likely N-dealkylation sites (N-methyl/N-ethyl adjacent to an activating group) is 1. The van der Waals surface area contributed by atoms with E-state index in [1.165, 1.54) is 11.9 Å². The number of hydrogen-bond acceptors (Lipinski definition) is 5. The average Bonchev–Trinajstić information content (AvgIpc) is 3.55. The zero-order valence-corrected chi connectivity index (χ0v) is 21.2. The Morgan fingerprint density at radius 1 is 1.05 bits per heavy atom. The van der Waals surface area contributed by atoms with E-state index < -0.39 is 18.1 Å². The van der Waals surface area contributed by atoms with E-state index in [0.717, 1.165) is 22.3 Å². The summed E-state index contributed by atoms with van der Waals surface area (Å²) in [6.45, 7) is 0.611. The highest BCUT2D eigenvalue weighted by Crippen LogP contribution is 2.25. The molecule has 1 aliphatic rings. The van der Waals surface area contributed by atoms with E-state index in [2.05, 4.69) is 10.3 Å². The molecule has 3 amide bonds. The molecule has 1 saturated heterocycles. The van der Waals surface area contributed by atoms with E-state index in [1.54, 1.807) is 24.3 Å². The van der Waals surface area contributed by atoms with Gasteiger partial charge in [-0.1, -0.05) is 42.5 Å². The summed E-state index contributed by atoms with van der Waals surface area (Å²) < 4.78 is 1.87. The Labute approximate surface area is 220 Å². The van der Waals surface area contributed by atoms with Crippen LogP contribution in [0.5, 0.6) is 0 Å². The van der Waals surface area contributed by atoms with Crippen molar-refractivity contribution in [3.8, 4) is 11.3 Å². The van der Waals surface area contributed by atoms with Gasteiger partial charge in [-0.15, -0.1) is 0 Å². The first-order chi connectivity index (χ1) is 18.4. The number of β-amino-alcohol motifs (C(OH)–C–C–N with tert-alkyl or cyclic N) is 1. The van der Waals surface area contributed by atoms with Gasteiger partial charge in [0.1, 0.15) is 18.1 Å². The molecule has 2 atom stereocenters. The van der Waals surface area contributed by atoms with Crippen LogP contribution in [0.25, 0.3) is 16.8 Å². The molecule has 5 rings (SSSR count). The molecule has 2 N–H and O–H groups in total. The van der Waals surface area contributed by atoms with Gasteiger partial charge in [0, 0.05) is 44.7 Å². The second-order valence-electron chi connectivity index (χ2n) is 9.49. The molecule has 1 fully saturated rings. The van der Waals surface area contributed by atoms with Gasteiger partial charge in [-0.3, -0.25) is 14.4 Å². The first-order valence-electron chi connectivity index (χ1n) is 12.4. The molecule has 3 heterocycles. The van der Waals surface area contributed by atoms with Crippen LogP contribution in [-0.2, 0) is 11.3 Å². The van der Waals surface area contributed by atoms with Gasteiger partial charge < -0.3 is 24.6 Å². The third kappa shape index (κ3) is 4.88. The normalized spacial score (nSPS) is 17.0. The monoisotopic (exact) mass is 511 g/mol. The molecule has 2 aromatic heterocycles. The lowest BCUT2D eigenvalue weighted by Crippen LogP contribution is -2.45. The number of aliphatic hydroxyl groups is 1. The second kappa shape index (κ2) is 10.5. The SMILES string of the molecule is CNC(=O)[C@@H]1C[C@@H](O)CN1C(=O)c1cc2ccc(-c3ccc(C(=O)N(C)Cc4ccccc4)cc3)n2cn1. The van der Waals surface area contributed by atoms with Crippen molar-refractivity contribution < 1.29 is 19.5 Å². The van der Waals surface area contributed by atoms with Crippen LogP contribution in [0, 0.1) is 0 Å². The molecular formula is C29H29N5O4. The summed E-state index contributed by atoms with van der Waals surface area (Å²) in [5, 5.41) is 12.6. The summed E-state index contributed by atoms with van der Waals surface area (Å²) in [5.41, 5.74) is 4.39. The van der Waals surface area contributed by atoms with Crippen molar-refractivity contribution in [3.63, 3.8) is 0 Å². The van der Waals surface area contributed by atoms with Gasteiger partial charge in [0.25, 0.3) is 11.8 Å². The summed E-state index contributed by atoms with van der Waals surface area (Å²) in [6, 6.07) is 22.0. The highest BCUT2D eigenvalue weighted by molar-refractivity contribution is 5.97. The number of nitrogens with one attached hydrogen (secondary N) is 1. The topological polar surface area (TPSA) is 107 Å². The zero-order chi connectivity index (χ0) is 26.8. The van der Waals surface area contributed by atoms with Crippen LogP contribution in [-0.4, -0.2) is 74.8 Å². The predicted octanol–water partition coefficient (Wildman–Crippen LogP) is 2.59. The number of carbonyl (C=O) groups is 3. The van der Waals surface area contributed by atoms with Crippen LogP contribution in [0.2, 0.25) is 0 Å². The highest BCUT2D eigenvalue weighted by atomic mass is 16.3. The van der Waals surface area contributed by atoms with Crippen molar-refractivity contribution in [1.29, 1.82) is 0 Å². The number of amides is 3. The number of aromatic nitrogens is 2. The lowest BCUT2D eigenvalue weighted by Gasteiger charge is -2.22. The largest absolute Gasteiger partial charge is 0.391 e. The molecule has 0 spiro atoms. The Morgan fingerprint density at radius 3 is 2.50 bits per heavy atom. The summed E-state index contributed by atoms with van der Waals surface area (Å²) in [5.74, 6) is -0.774. The zero-order valence-electron chi connectivity index (χ0n) is 21.2. The fourth-order valence-electron chi connectivity index (χ4n) is 4.89. The maximum atomic E-state index is 13.1. The van der Waals surface area contributed by atoms with E-state index in [1.807, 2.05) is 71.1 Å². The second-order valence-corrected chi connectivity index (χ2v) is 9.49. The number of aliphatic hydroxyl groups excluding tert-OH is 1. The lowest BCUT2D eigenvalue weighted by molar-refractivity contribution is -0.124. The van der Waals surface area contributed by atoms with Gasteiger partial charge in [-0.25, -0.2) is 4.98 Å². The van der Waals surface area contributed by atoms with Crippen LogP contribution in [0.3, 0.4) is 0 Å². The van der Waals surface area contributed by atoms with Gasteiger partial charge in [-0.2, -0.15) is 0 Å². The fraction of sp³-hybridized carbons (Fsp3) is 0.241. The molecule has 0 saturated carbocycles. The molecule has 0 bridgehead atoms. The van der Waals surface area contributed by atoms with Crippen LogP contribution in [0.1, 0.15) is 32.8 Å². The lowest BCUT2D eigenvalue weighted by atomic mass is 10.1. The van der Waals surface area contributed by atoms with E-state index >= 15 is 0 Å². The summed E-state index contributed by atoms with van der Waals surface area (Å²) in [7, 11) is 3.29. The number of carbonyl (C=O) groups excluding carboxylic acids is 3. The van der Waals surface area contributed by atoms with Crippen molar-refractivity contribution in [3.05, 3.63) is 95.9 Å². The van der Waals surface area contributed by atoms with Gasteiger partial charge in [0.15, 0.2) is 0 Å². The number of likely N-dealkylation sites (tertiary alicyclic amines) is 1. The van der Waals surface area contributed by atoms with Gasteiger partial charge in [0.2, 0.25) is 5.91 Å². The van der Waals surface area contributed by atoms with Crippen molar-refractivity contribution >= 4 is 23.2 Å². The van der Waals surface area contributed by atoms with Crippen molar-refractivity contribution in [1.82, 2.24) is 24.5 Å². The standard InChI is InChI=1S/C29H29N5O4/c1-30-27(36)26-15-23(35)17-33(26)29(38)24-14-22-12-13-25(34(22)18-31-24)20-8-10-21(11-9-20)28(37)32(2)16-19-6-4-3-5-7-19/h3-14,18,23,26,35H,15-17H2,1-2H3,(H,30,36)/t23-,26+/m1/s1. The Morgan fingerprint density at radius 2 is 1.79 bits per heavy atom. The summed E-state index contributed by atoms with van der Waals surface area (Å²) in [4.78, 5) is 45.7. The number of fused-ring (bicyclic) bond motifs is 1. The predicted molar refractivity (Wildman–Crippen MR) is 142 cm³/mol. The molecule has 38 heavy (non-hydrogen) atoms. The molecule has 0 aliphatic carbocycles. The Kier molecular flexibility index (Phi) is 6.93. The van der Waals surface area contributed by atoms with E-state index in [4.69, 9.17) is 0 Å². The van der Waals surface area contributed by atoms with Crippen molar-refractivity contribution in [2.24, 2.45) is 0 Å². The third-order valence-electron chi connectivity index (χ3n) is 6.89. The molecule has 9 nitrogen and oxygen atoms in total. The van der Waals surface area contributed by atoms with Gasteiger partial charge in [-0.05, 0) is 41.5 Å². The fourth-order valence-corrected chi connectivity index (χ4v) is 4.89. The van der Waals surface area contributed by atoms with Gasteiger partial charge in [0.05, 0.1) is 11.8 Å². The van der Waals surface area contributed by atoms with Crippen LogP contribution in [0.4, 0.5) is 0 Å². The molecule has 0 radical (unpaired) electrons. The maximum absolute atomic E-state index is 13.1. The molecular weight excluding hydrogens is 482 g/mol. The molecule has 4 aromatic rings. The number of nitrogens with zero attached hydrogens (tertiary/aromatic N) is 4. The van der Waals surface area contributed by atoms with Gasteiger partial charge >= 0.3 is 0 Å². The minimum absolute atomic E-state index is 0.0627. The first kappa shape index (κ1) is 25.2. The molecule has 194 valence electrons. The smallest absolute Gasteiger partial charge is 0.273 e.